The Hall–Kier alpha value is -2.79. The van der Waals surface area contributed by atoms with Gasteiger partial charge in [-0.1, -0.05) is 45.9 Å². The lowest BCUT2D eigenvalue weighted by atomic mass is 9.43. The van der Waals surface area contributed by atoms with Crippen LogP contribution < -0.4 is 21.3 Å². The number of hydrogen-bond acceptors (Lipinski definition) is 6. The predicted molar refractivity (Wildman–Crippen MR) is 158 cm³/mol. The van der Waals surface area contributed by atoms with Gasteiger partial charge in [0.15, 0.2) is 0 Å². The van der Waals surface area contributed by atoms with Crippen LogP contribution in [-0.4, -0.2) is 61.0 Å². The third-order valence-electron chi connectivity index (χ3n) is 8.86. The van der Waals surface area contributed by atoms with E-state index < -0.39 is 48.3 Å². The lowest BCUT2D eigenvalue weighted by molar-refractivity contribution is -0.199. The van der Waals surface area contributed by atoms with E-state index in [4.69, 9.17) is 14.0 Å². The first-order chi connectivity index (χ1) is 19.1. The Morgan fingerprint density at radius 2 is 1.76 bits per heavy atom. The second-order valence-corrected chi connectivity index (χ2v) is 14.0. The van der Waals surface area contributed by atoms with Crippen LogP contribution in [0.3, 0.4) is 0 Å². The molecule has 3 aliphatic carbocycles. The monoisotopic (exact) mass is 570 g/mol. The van der Waals surface area contributed by atoms with Gasteiger partial charge in [0.2, 0.25) is 5.91 Å². The van der Waals surface area contributed by atoms with Gasteiger partial charge in [0.25, 0.3) is 0 Å². The van der Waals surface area contributed by atoms with Crippen LogP contribution in [0.2, 0.25) is 0 Å². The molecule has 4 fully saturated rings. The number of hydrogen-bond donors (Lipinski definition) is 4. The third-order valence-corrected chi connectivity index (χ3v) is 8.86. The number of carbonyl (C=O) groups excluding carboxylic acids is 3. The standard InChI is InChI=1S/C30H47BN4O6/c1-18(2)14-24(31-40-23-16-19-15-22(29(19,6)7)30(23,8)41-31)35-25(36)21(34-27(38)39-28(3,4)5)17-32-26(37)33-20-12-10-9-11-13-20/h9-13,18-19,21-24H,14-17H2,1-8H3,(H,34,38)(H,35,36)(H2,32,33,37)/t19-,21-,22-,23+,24-,30-/m0/s1. The summed E-state index contributed by atoms with van der Waals surface area (Å²) in [4.78, 5) is 38.9. The van der Waals surface area contributed by atoms with Crippen molar-refractivity contribution in [1.29, 1.82) is 0 Å². The van der Waals surface area contributed by atoms with Crippen molar-refractivity contribution in [3.63, 3.8) is 0 Å². The maximum Gasteiger partial charge on any atom is 0.481 e. The molecule has 1 aromatic rings. The van der Waals surface area contributed by atoms with Crippen LogP contribution in [0.5, 0.6) is 0 Å². The molecule has 0 radical (unpaired) electrons. The normalized spacial score (nSPS) is 27.6. The Bertz CT molecular complexity index is 1110. The summed E-state index contributed by atoms with van der Waals surface area (Å²) < 4.78 is 18.5. The maximum absolute atomic E-state index is 13.7. The largest absolute Gasteiger partial charge is 0.481 e. The number of nitrogens with one attached hydrogen (secondary N) is 4. The summed E-state index contributed by atoms with van der Waals surface area (Å²) in [5.74, 6) is 0.361. The van der Waals surface area contributed by atoms with Gasteiger partial charge in [0.05, 0.1) is 17.6 Å². The number of carbonyl (C=O) groups is 3. The molecule has 1 heterocycles. The van der Waals surface area contributed by atoms with Gasteiger partial charge >= 0.3 is 19.2 Å². The minimum atomic E-state index is -1.09. The SMILES string of the molecule is CC(C)C[C@H](NC(=O)[C@H](CNC(=O)Nc1ccccc1)NC(=O)OC(C)(C)C)B1O[C@@H]2C[C@@H]3C[C@@H](C3(C)C)[C@]2(C)O1. The maximum atomic E-state index is 13.7. The summed E-state index contributed by atoms with van der Waals surface area (Å²) in [6.07, 6.45) is 1.93. The molecule has 3 saturated carbocycles. The molecule has 11 heteroatoms. The van der Waals surface area contributed by atoms with Gasteiger partial charge in [0.1, 0.15) is 11.6 Å². The molecule has 0 aromatic heterocycles. The number of alkyl carbamates (subject to hydrolysis) is 1. The highest BCUT2D eigenvalue weighted by molar-refractivity contribution is 6.48. The van der Waals surface area contributed by atoms with E-state index in [1.54, 1.807) is 45.0 Å². The van der Waals surface area contributed by atoms with Crippen LogP contribution in [0.15, 0.2) is 30.3 Å². The molecule has 41 heavy (non-hydrogen) atoms. The number of rotatable bonds is 9. The van der Waals surface area contributed by atoms with Crippen molar-refractivity contribution in [3.05, 3.63) is 30.3 Å². The quantitative estimate of drug-likeness (QED) is 0.324. The average molecular weight is 571 g/mol. The number of para-hydroxylation sites is 1. The van der Waals surface area contributed by atoms with Crippen molar-refractivity contribution in [3.8, 4) is 0 Å². The van der Waals surface area contributed by atoms with Crippen LogP contribution in [0.25, 0.3) is 0 Å². The van der Waals surface area contributed by atoms with Crippen LogP contribution in [0.1, 0.15) is 74.7 Å². The molecule has 4 N–H and O–H groups in total. The molecule has 5 rings (SSSR count). The number of anilines is 1. The Morgan fingerprint density at radius 1 is 1.07 bits per heavy atom. The van der Waals surface area contributed by atoms with Crippen LogP contribution in [0, 0.1) is 23.2 Å². The fourth-order valence-corrected chi connectivity index (χ4v) is 6.65. The van der Waals surface area contributed by atoms with Crippen molar-refractivity contribution in [2.45, 2.75) is 104 Å². The first kappa shape index (κ1) is 31.2. The first-order valence-electron chi connectivity index (χ1n) is 14.8. The average Bonchev–Trinajstić information content (AvgIpc) is 3.22. The first-order valence-corrected chi connectivity index (χ1v) is 14.8. The summed E-state index contributed by atoms with van der Waals surface area (Å²) in [5, 5.41) is 11.1. The van der Waals surface area contributed by atoms with Crippen molar-refractivity contribution in [2.24, 2.45) is 23.2 Å². The molecular formula is C30H47BN4O6. The minimum absolute atomic E-state index is 0.0186. The van der Waals surface area contributed by atoms with Crippen LogP contribution in [0.4, 0.5) is 15.3 Å². The van der Waals surface area contributed by atoms with Gasteiger partial charge in [-0.3, -0.25) is 4.79 Å². The molecule has 10 nitrogen and oxygen atoms in total. The highest BCUT2D eigenvalue weighted by atomic mass is 16.7. The molecule has 4 amide bonds. The van der Waals surface area contributed by atoms with Crippen LogP contribution >= 0.6 is 0 Å². The molecule has 0 unspecified atom stereocenters. The molecular weight excluding hydrogens is 523 g/mol. The molecule has 1 aliphatic heterocycles. The van der Waals surface area contributed by atoms with E-state index in [1.165, 1.54) is 0 Å². The minimum Gasteiger partial charge on any atom is -0.444 e. The van der Waals surface area contributed by atoms with E-state index in [0.29, 0.717) is 23.9 Å². The van der Waals surface area contributed by atoms with E-state index in [2.05, 4.69) is 55.9 Å². The van der Waals surface area contributed by atoms with Gasteiger partial charge in [-0.05, 0) is 82.3 Å². The van der Waals surface area contributed by atoms with E-state index in [1.807, 2.05) is 6.07 Å². The van der Waals surface area contributed by atoms with Gasteiger partial charge in [0, 0.05) is 12.2 Å². The second-order valence-electron chi connectivity index (χ2n) is 14.0. The van der Waals surface area contributed by atoms with Gasteiger partial charge in [-0.25, -0.2) is 9.59 Å². The highest BCUT2D eigenvalue weighted by Crippen LogP contribution is 2.65. The third kappa shape index (κ3) is 7.17. The summed E-state index contributed by atoms with van der Waals surface area (Å²) in [5.41, 5.74) is -0.354. The molecule has 1 aromatic carbocycles. The Kier molecular flexibility index (Phi) is 8.99. The lowest BCUT2D eigenvalue weighted by Crippen LogP contribution is -2.65. The predicted octanol–water partition coefficient (Wildman–Crippen LogP) is 4.50. The highest BCUT2D eigenvalue weighted by Gasteiger charge is 2.68. The summed E-state index contributed by atoms with van der Waals surface area (Å²) in [6.45, 7) is 16.0. The molecule has 0 spiro atoms. The van der Waals surface area contributed by atoms with E-state index in [0.717, 1.165) is 12.8 Å². The van der Waals surface area contributed by atoms with Crippen molar-refractivity contribution < 1.29 is 28.4 Å². The van der Waals surface area contributed by atoms with Crippen molar-refractivity contribution >= 4 is 30.8 Å². The van der Waals surface area contributed by atoms with Gasteiger partial charge in [-0.15, -0.1) is 0 Å². The Labute approximate surface area is 244 Å². The van der Waals surface area contributed by atoms with E-state index in [-0.39, 0.29) is 24.0 Å². The van der Waals surface area contributed by atoms with Gasteiger partial charge in [-0.2, -0.15) is 0 Å². The second kappa shape index (κ2) is 11.8. The van der Waals surface area contributed by atoms with Gasteiger partial charge < -0.3 is 35.3 Å². The summed E-state index contributed by atoms with van der Waals surface area (Å²) >= 11 is 0. The number of urea groups is 1. The molecule has 4 aliphatic rings. The van der Waals surface area contributed by atoms with Crippen molar-refractivity contribution in [2.75, 3.05) is 11.9 Å². The zero-order valence-corrected chi connectivity index (χ0v) is 25.7. The smallest absolute Gasteiger partial charge is 0.444 e. The lowest BCUT2D eigenvalue weighted by Gasteiger charge is -2.64. The fourth-order valence-electron chi connectivity index (χ4n) is 6.65. The number of benzene rings is 1. The topological polar surface area (TPSA) is 127 Å². The van der Waals surface area contributed by atoms with Crippen LogP contribution in [-0.2, 0) is 18.8 Å². The summed E-state index contributed by atoms with van der Waals surface area (Å²) in [7, 11) is -0.608. The summed E-state index contributed by atoms with van der Waals surface area (Å²) in [6, 6.07) is 7.37. The fraction of sp³-hybridized carbons (Fsp3) is 0.700. The zero-order chi connectivity index (χ0) is 30.2. The van der Waals surface area contributed by atoms with E-state index in [9.17, 15) is 14.4 Å². The van der Waals surface area contributed by atoms with Crippen molar-refractivity contribution in [1.82, 2.24) is 16.0 Å². The number of amides is 4. The van der Waals surface area contributed by atoms with E-state index >= 15 is 0 Å². The Balaban J connectivity index is 1.45. The Morgan fingerprint density at radius 3 is 2.37 bits per heavy atom. The molecule has 2 bridgehead atoms. The molecule has 6 atom stereocenters. The molecule has 226 valence electrons. The zero-order valence-electron chi connectivity index (χ0n) is 25.7. The number of ether oxygens (including phenoxy) is 1. The molecule has 1 saturated heterocycles.